The molecule has 0 aromatic heterocycles. The van der Waals surface area contributed by atoms with Crippen molar-refractivity contribution in [3.05, 3.63) is 0 Å². The molecule has 0 heterocycles. The molecular weight excluding hydrogens is 434 g/mol. The third-order valence-corrected chi connectivity index (χ3v) is 5.13. The number of aliphatic hydroxyl groups excluding tert-OH is 1. The lowest BCUT2D eigenvalue weighted by atomic mass is 9.95. The second kappa shape index (κ2) is 27.3. The van der Waals surface area contributed by atoms with Crippen LogP contribution in [0.15, 0.2) is 0 Å². The van der Waals surface area contributed by atoms with Crippen molar-refractivity contribution in [3.63, 3.8) is 0 Å². The van der Waals surface area contributed by atoms with Crippen molar-refractivity contribution in [1.82, 2.24) is 6.15 Å². The van der Waals surface area contributed by atoms with Crippen molar-refractivity contribution in [2.45, 2.75) is 103 Å². The van der Waals surface area contributed by atoms with Crippen LogP contribution in [0.3, 0.4) is 0 Å². The third-order valence-electron chi connectivity index (χ3n) is 5.13. The summed E-state index contributed by atoms with van der Waals surface area (Å²) in [7, 11) is 0. The zero-order chi connectivity index (χ0) is 22.3. The minimum atomic E-state index is -0.836. The van der Waals surface area contributed by atoms with Crippen molar-refractivity contribution in [1.29, 1.82) is 0 Å². The second-order valence-corrected chi connectivity index (χ2v) is 8.54. The Kier molecular flexibility index (Phi) is 31.2. The zero-order valence-electron chi connectivity index (χ0n) is 21.4. The average Bonchev–Trinajstić information content (AvgIpc) is 2.70. The first-order valence-electron chi connectivity index (χ1n) is 12.2. The smallest absolute Gasteiger partial charge is 0.0857 e. The Morgan fingerprint density at radius 1 is 0.656 bits per heavy atom. The quantitative estimate of drug-likeness (QED) is 0.179. The van der Waals surface area contributed by atoms with E-state index in [0.29, 0.717) is 46.2 Å². The first kappa shape index (κ1) is 36.6. The molecule has 0 radical (unpaired) electrons. The molecule has 0 aromatic rings. The topological polar surface area (TPSA) is 114 Å². The van der Waals surface area contributed by atoms with Gasteiger partial charge >= 0.3 is 0 Å². The lowest BCUT2D eigenvalue weighted by molar-refractivity contribution is -0.104. The lowest BCUT2D eigenvalue weighted by Crippen LogP contribution is -3.00. The number of rotatable bonds is 24. The van der Waals surface area contributed by atoms with Crippen LogP contribution < -0.4 is 18.6 Å². The Hall–Kier alpha value is 0.01000. The van der Waals surface area contributed by atoms with Gasteiger partial charge in [0.05, 0.1) is 64.6 Å². The molecule has 0 spiro atoms. The van der Waals surface area contributed by atoms with E-state index in [1.807, 2.05) is 13.8 Å². The molecule has 0 saturated carbocycles. The molecule has 32 heavy (non-hydrogen) atoms. The van der Waals surface area contributed by atoms with E-state index in [1.54, 1.807) is 0 Å². The predicted octanol–water partition coefficient (Wildman–Crippen LogP) is 1.88. The summed E-state index contributed by atoms with van der Waals surface area (Å²) in [5.41, 5.74) is -0.836. The second-order valence-electron chi connectivity index (χ2n) is 8.54. The minimum absolute atomic E-state index is 0. The highest BCUT2D eigenvalue weighted by Gasteiger charge is 2.26. The summed E-state index contributed by atoms with van der Waals surface area (Å²) in [5.74, 6) is 0. The van der Waals surface area contributed by atoms with Crippen LogP contribution in [0.25, 0.3) is 0 Å². The number of hydrogen-bond donors (Lipinski definition) is 3. The molecule has 1 unspecified atom stereocenters. The molecule has 0 bridgehead atoms. The van der Waals surface area contributed by atoms with Gasteiger partial charge in [-0.25, -0.2) is 0 Å². The highest BCUT2D eigenvalue weighted by Crippen LogP contribution is 2.20. The summed E-state index contributed by atoms with van der Waals surface area (Å²) < 4.78 is 21.9. The van der Waals surface area contributed by atoms with Crippen LogP contribution in [-0.4, -0.2) is 74.8 Å². The summed E-state index contributed by atoms with van der Waals surface area (Å²) in [6.07, 6.45) is 13.8. The summed E-state index contributed by atoms with van der Waals surface area (Å²) in [5, 5.41) is 19.0. The predicted molar refractivity (Wildman–Crippen MR) is 128 cm³/mol. The number of ether oxygens (including phenoxy) is 4. The number of unbranched alkanes of at least 4 members (excludes halogenated alkanes) is 9. The Labute approximate surface area is 203 Å². The van der Waals surface area contributed by atoms with Crippen LogP contribution in [0, 0.1) is 0 Å². The van der Waals surface area contributed by atoms with Gasteiger partial charge in [0, 0.05) is 0 Å². The van der Waals surface area contributed by atoms with Gasteiger partial charge in [-0.15, -0.1) is 0 Å². The molecule has 0 aliphatic carbocycles. The van der Waals surface area contributed by atoms with E-state index in [9.17, 15) is 5.11 Å². The van der Waals surface area contributed by atoms with Crippen LogP contribution in [0.1, 0.15) is 91.4 Å². The standard InChI is InChI=1S/C24H50O6.ClH.H3N/c1-4-5-6-7-8-9-10-11-12-13-14-23(24(2,3)26)30-22-21-29-20-19-28-18-17-27-16-15-25;;/h23,25-26H,4-22H2,1-3H3;1H;1H3. The lowest BCUT2D eigenvalue weighted by Gasteiger charge is -2.29. The Morgan fingerprint density at radius 2 is 1.06 bits per heavy atom. The molecule has 0 aliphatic rings. The van der Waals surface area contributed by atoms with E-state index in [0.717, 1.165) is 12.8 Å². The zero-order valence-corrected chi connectivity index (χ0v) is 22.2. The fraction of sp³-hybridized carbons (Fsp3) is 1.00. The van der Waals surface area contributed by atoms with Crippen molar-refractivity contribution in [2.75, 3.05) is 52.9 Å². The van der Waals surface area contributed by atoms with E-state index in [4.69, 9.17) is 24.1 Å². The number of halogens is 1. The molecule has 7 nitrogen and oxygen atoms in total. The SMILES string of the molecule is CCCCCCCCCCCCC(OCCOCCOCCOCCO)C(C)(C)O.[Cl-].[NH4+]. The Bertz CT molecular complexity index is 345. The molecule has 0 fully saturated rings. The van der Waals surface area contributed by atoms with Crippen LogP contribution in [0.4, 0.5) is 0 Å². The fourth-order valence-electron chi connectivity index (χ4n) is 3.31. The molecule has 8 heteroatoms. The molecule has 1 atom stereocenters. The maximum absolute atomic E-state index is 10.4. The fourth-order valence-corrected chi connectivity index (χ4v) is 3.31. The molecule has 0 saturated heterocycles. The van der Waals surface area contributed by atoms with Gasteiger partial charge < -0.3 is 47.7 Å². The van der Waals surface area contributed by atoms with E-state index >= 15 is 0 Å². The normalized spacial score (nSPS) is 12.3. The molecular formula is C24H54ClNO6. The van der Waals surface area contributed by atoms with Crippen LogP contribution >= 0.6 is 0 Å². The summed E-state index contributed by atoms with van der Waals surface area (Å²) >= 11 is 0. The first-order chi connectivity index (χ1) is 14.5. The summed E-state index contributed by atoms with van der Waals surface area (Å²) in [4.78, 5) is 0. The molecule has 0 rings (SSSR count). The number of hydrogen-bond acceptors (Lipinski definition) is 6. The van der Waals surface area contributed by atoms with Crippen LogP contribution in [0.5, 0.6) is 0 Å². The minimum Gasteiger partial charge on any atom is -1.00 e. The summed E-state index contributed by atoms with van der Waals surface area (Å²) in [6.45, 7) is 9.26. The molecule has 198 valence electrons. The van der Waals surface area contributed by atoms with Gasteiger partial charge in [0.1, 0.15) is 0 Å². The highest BCUT2D eigenvalue weighted by molar-refractivity contribution is 4.78. The number of aliphatic hydroxyl groups is 2. The maximum Gasteiger partial charge on any atom is 0.0857 e. The van der Waals surface area contributed by atoms with Crippen LogP contribution in [-0.2, 0) is 18.9 Å². The maximum atomic E-state index is 10.4. The van der Waals surface area contributed by atoms with Gasteiger partial charge in [-0.05, 0) is 20.3 Å². The molecule has 0 amide bonds. The monoisotopic (exact) mass is 487 g/mol. The number of quaternary nitrogens is 1. The molecule has 0 aromatic carbocycles. The largest absolute Gasteiger partial charge is 1.00 e. The van der Waals surface area contributed by atoms with Crippen LogP contribution in [0.2, 0.25) is 0 Å². The van der Waals surface area contributed by atoms with Gasteiger partial charge in [0.2, 0.25) is 0 Å². The van der Waals surface area contributed by atoms with Crippen molar-refractivity contribution >= 4 is 0 Å². The van der Waals surface area contributed by atoms with Gasteiger partial charge in [-0.2, -0.15) is 0 Å². The average molecular weight is 488 g/mol. The van der Waals surface area contributed by atoms with E-state index in [-0.39, 0.29) is 31.3 Å². The highest BCUT2D eigenvalue weighted by atomic mass is 35.5. The van der Waals surface area contributed by atoms with Crippen molar-refractivity contribution in [3.8, 4) is 0 Å². The van der Waals surface area contributed by atoms with Crippen molar-refractivity contribution in [2.24, 2.45) is 0 Å². The van der Waals surface area contributed by atoms with E-state index in [2.05, 4.69) is 6.92 Å². The van der Waals surface area contributed by atoms with E-state index < -0.39 is 5.60 Å². The van der Waals surface area contributed by atoms with Gasteiger partial charge in [0.25, 0.3) is 0 Å². The van der Waals surface area contributed by atoms with E-state index in [1.165, 1.54) is 57.8 Å². The van der Waals surface area contributed by atoms with Crippen molar-refractivity contribution < 1.29 is 41.6 Å². The summed E-state index contributed by atoms with van der Waals surface area (Å²) in [6, 6.07) is 0. The third kappa shape index (κ3) is 26.3. The van der Waals surface area contributed by atoms with Gasteiger partial charge in [-0.3, -0.25) is 0 Å². The molecule has 6 N–H and O–H groups in total. The van der Waals surface area contributed by atoms with Gasteiger partial charge in [-0.1, -0.05) is 71.1 Å². The van der Waals surface area contributed by atoms with Gasteiger partial charge in [0.15, 0.2) is 0 Å². The Morgan fingerprint density at radius 3 is 1.50 bits per heavy atom. The Balaban J connectivity index is -0.00000420. The first-order valence-corrected chi connectivity index (χ1v) is 12.2. The molecule has 0 aliphatic heterocycles.